The van der Waals surface area contributed by atoms with Crippen molar-refractivity contribution in [3.8, 4) is 17.0 Å². The zero-order valence-corrected chi connectivity index (χ0v) is 14.4. The number of rotatable bonds is 6. The SMILES string of the molecule is COc1ccc(-c2csc(=Nc3ccccc3)n2CCCO)cc1. The molecule has 0 saturated carbocycles. The molecule has 0 aliphatic heterocycles. The molecule has 3 aromatic rings. The summed E-state index contributed by atoms with van der Waals surface area (Å²) in [5, 5.41) is 11.3. The Bertz CT molecular complexity index is 836. The van der Waals surface area contributed by atoms with Crippen molar-refractivity contribution in [2.45, 2.75) is 13.0 Å². The predicted molar refractivity (Wildman–Crippen MR) is 97.7 cm³/mol. The lowest BCUT2D eigenvalue weighted by molar-refractivity contribution is 0.279. The van der Waals surface area contributed by atoms with Gasteiger partial charge in [0.05, 0.1) is 18.5 Å². The molecule has 124 valence electrons. The smallest absolute Gasteiger partial charge is 0.190 e. The molecule has 5 heteroatoms. The molecule has 24 heavy (non-hydrogen) atoms. The molecule has 2 aromatic carbocycles. The van der Waals surface area contributed by atoms with E-state index in [9.17, 15) is 5.11 Å². The van der Waals surface area contributed by atoms with Crippen molar-refractivity contribution < 1.29 is 9.84 Å². The predicted octanol–water partition coefficient (Wildman–Crippen LogP) is 3.84. The zero-order chi connectivity index (χ0) is 16.8. The lowest BCUT2D eigenvalue weighted by Crippen LogP contribution is -2.16. The molecule has 0 aliphatic rings. The van der Waals surface area contributed by atoms with E-state index in [1.165, 1.54) is 0 Å². The zero-order valence-electron chi connectivity index (χ0n) is 13.6. The van der Waals surface area contributed by atoms with Crippen LogP contribution >= 0.6 is 11.3 Å². The van der Waals surface area contributed by atoms with Crippen LogP contribution in [0.4, 0.5) is 5.69 Å². The molecule has 0 saturated heterocycles. The third-order valence-corrected chi connectivity index (χ3v) is 4.57. The van der Waals surface area contributed by atoms with Crippen molar-refractivity contribution >= 4 is 17.0 Å². The summed E-state index contributed by atoms with van der Waals surface area (Å²) in [5.74, 6) is 0.838. The molecule has 0 amide bonds. The van der Waals surface area contributed by atoms with Crippen molar-refractivity contribution in [3.63, 3.8) is 0 Å². The summed E-state index contributed by atoms with van der Waals surface area (Å²) in [7, 11) is 1.66. The number of thiazole rings is 1. The first kappa shape index (κ1) is 16.5. The fourth-order valence-corrected chi connectivity index (χ4v) is 3.42. The monoisotopic (exact) mass is 340 g/mol. The van der Waals surface area contributed by atoms with Gasteiger partial charge in [-0.25, -0.2) is 4.99 Å². The van der Waals surface area contributed by atoms with Crippen LogP contribution in [0.1, 0.15) is 6.42 Å². The molecule has 0 atom stereocenters. The molecule has 1 heterocycles. The maximum atomic E-state index is 9.22. The molecule has 0 bridgehead atoms. The Morgan fingerprint density at radius 2 is 1.83 bits per heavy atom. The largest absolute Gasteiger partial charge is 0.497 e. The molecule has 3 rings (SSSR count). The topological polar surface area (TPSA) is 46.8 Å². The summed E-state index contributed by atoms with van der Waals surface area (Å²) >= 11 is 1.61. The van der Waals surface area contributed by atoms with E-state index in [2.05, 4.69) is 9.95 Å². The molecule has 0 unspecified atom stereocenters. The second kappa shape index (κ2) is 7.95. The van der Waals surface area contributed by atoms with Crippen molar-refractivity contribution in [1.29, 1.82) is 0 Å². The Hall–Kier alpha value is -2.37. The molecule has 1 N–H and O–H groups in total. The molecule has 0 fully saturated rings. The number of para-hydroxylation sites is 1. The average Bonchev–Trinajstić information content (AvgIpc) is 3.03. The first-order valence-electron chi connectivity index (χ1n) is 7.85. The second-order valence-electron chi connectivity index (χ2n) is 5.31. The highest BCUT2D eigenvalue weighted by molar-refractivity contribution is 7.07. The van der Waals surface area contributed by atoms with Crippen LogP contribution in [0.5, 0.6) is 5.75 Å². The minimum absolute atomic E-state index is 0.162. The third-order valence-electron chi connectivity index (χ3n) is 3.70. The van der Waals surface area contributed by atoms with E-state index >= 15 is 0 Å². The normalized spacial score (nSPS) is 11.7. The molecular formula is C19H20N2O2S. The number of methoxy groups -OCH3 is 1. The van der Waals surface area contributed by atoms with Crippen molar-refractivity contribution in [1.82, 2.24) is 4.57 Å². The van der Waals surface area contributed by atoms with Gasteiger partial charge in [0.25, 0.3) is 0 Å². The Balaban J connectivity index is 2.04. The molecular weight excluding hydrogens is 320 g/mol. The summed E-state index contributed by atoms with van der Waals surface area (Å²) in [6.07, 6.45) is 0.696. The van der Waals surface area contributed by atoms with Gasteiger partial charge in [-0.05, 0) is 48.4 Å². The van der Waals surface area contributed by atoms with Crippen LogP contribution in [0.25, 0.3) is 11.3 Å². The maximum absolute atomic E-state index is 9.22. The van der Waals surface area contributed by atoms with Crippen LogP contribution in [0.3, 0.4) is 0 Å². The number of aromatic nitrogens is 1. The van der Waals surface area contributed by atoms with Gasteiger partial charge in [0.2, 0.25) is 0 Å². The van der Waals surface area contributed by atoms with Crippen LogP contribution in [-0.4, -0.2) is 23.4 Å². The van der Waals surface area contributed by atoms with Crippen molar-refractivity contribution in [3.05, 3.63) is 64.8 Å². The van der Waals surface area contributed by atoms with Crippen molar-refractivity contribution in [2.75, 3.05) is 13.7 Å². The quantitative estimate of drug-likeness (QED) is 0.741. The van der Waals surface area contributed by atoms with E-state index in [1.807, 2.05) is 54.6 Å². The van der Waals surface area contributed by atoms with E-state index in [4.69, 9.17) is 9.73 Å². The number of aliphatic hydroxyl groups excluding tert-OH is 1. The standard InChI is InChI=1S/C19H20N2O2S/c1-23-17-10-8-15(9-11-17)18-14-24-19(21(18)12-5-13-22)20-16-6-3-2-4-7-16/h2-4,6-11,14,22H,5,12-13H2,1H3. The highest BCUT2D eigenvalue weighted by atomic mass is 32.1. The summed E-state index contributed by atoms with van der Waals surface area (Å²) < 4.78 is 7.39. The third kappa shape index (κ3) is 3.75. The lowest BCUT2D eigenvalue weighted by atomic mass is 10.1. The van der Waals surface area contributed by atoms with Gasteiger partial charge in [0, 0.05) is 18.5 Å². The summed E-state index contributed by atoms with van der Waals surface area (Å²) in [5.41, 5.74) is 3.14. The van der Waals surface area contributed by atoms with E-state index in [1.54, 1.807) is 18.4 Å². The van der Waals surface area contributed by atoms with Crippen LogP contribution in [0.15, 0.2) is 65.0 Å². The van der Waals surface area contributed by atoms with Gasteiger partial charge in [-0.2, -0.15) is 0 Å². The summed E-state index contributed by atoms with van der Waals surface area (Å²) in [6.45, 7) is 0.892. The van der Waals surface area contributed by atoms with Gasteiger partial charge in [-0.3, -0.25) is 0 Å². The second-order valence-corrected chi connectivity index (χ2v) is 6.14. The number of benzene rings is 2. The maximum Gasteiger partial charge on any atom is 0.190 e. The molecule has 0 radical (unpaired) electrons. The molecule has 0 spiro atoms. The minimum Gasteiger partial charge on any atom is -0.497 e. The lowest BCUT2D eigenvalue weighted by Gasteiger charge is -2.09. The van der Waals surface area contributed by atoms with Crippen molar-refractivity contribution in [2.24, 2.45) is 4.99 Å². The van der Waals surface area contributed by atoms with E-state index < -0.39 is 0 Å². The fraction of sp³-hybridized carbons (Fsp3) is 0.211. The average molecular weight is 340 g/mol. The molecule has 0 aliphatic carbocycles. The van der Waals surface area contributed by atoms with Gasteiger partial charge in [0.15, 0.2) is 4.80 Å². The van der Waals surface area contributed by atoms with Crippen LogP contribution in [0.2, 0.25) is 0 Å². The van der Waals surface area contributed by atoms with Gasteiger partial charge in [-0.15, -0.1) is 11.3 Å². The minimum atomic E-state index is 0.162. The van der Waals surface area contributed by atoms with Gasteiger partial charge in [-0.1, -0.05) is 18.2 Å². The number of hydrogen-bond donors (Lipinski definition) is 1. The van der Waals surface area contributed by atoms with E-state index in [0.29, 0.717) is 6.42 Å². The molecule has 4 nitrogen and oxygen atoms in total. The van der Waals surface area contributed by atoms with Crippen LogP contribution < -0.4 is 9.54 Å². The number of nitrogens with zero attached hydrogens (tertiary/aromatic N) is 2. The van der Waals surface area contributed by atoms with E-state index in [-0.39, 0.29) is 6.61 Å². The highest BCUT2D eigenvalue weighted by Crippen LogP contribution is 2.23. The van der Waals surface area contributed by atoms with Gasteiger partial charge >= 0.3 is 0 Å². The number of hydrogen-bond acceptors (Lipinski definition) is 4. The van der Waals surface area contributed by atoms with E-state index in [0.717, 1.165) is 34.0 Å². The first-order chi connectivity index (χ1) is 11.8. The summed E-state index contributed by atoms with van der Waals surface area (Å²) in [6, 6.07) is 17.9. The Labute approximate surface area is 145 Å². The summed E-state index contributed by atoms with van der Waals surface area (Å²) in [4.78, 5) is 5.68. The van der Waals surface area contributed by atoms with Crippen LogP contribution in [0, 0.1) is 0 Å². The molecule has 1 aromatic heterocycles. The number of ether oxygens (including phenoxy) is 1. The number of aliphatic hydroxyl groups is 1. The Morgan fingerprint density at radius 3 is 2.50 bits per heavy atom. The Kier molecular flexibility index (Phi) is 5.46. The fourth-order valence-electron chi connectivity index (χ4n) is 2.47. The van der Waals surface area contributed by atoms with Crippen LogP contribution in [-0.2, 0) is 6.54 Å². The van der Waals surface area contributed by atoms with Gasteiger partial charge in [0.1, 0.15) is 5.75 Å². The highest BCUT2D eigenvalue weighted by Gasteiger charge is 2.08. The first-order valence-corrected chi connectivity index (χ1v) is 8.73. The van der Waals surface area contributed by atoms with Gasteiger partial charge < -0.3 is 14.4 Å². The Morgan fingerprint density at radius 1 is 1.08 bits per heavy atom.